The van der Waals surface area contributed by atoms with E-state index < -0.39 is 5.76 Å². The van der Waals surface area contributed by atoms with E-state index in [1.54, 1.807) is 29.2 Å². The number of alkyl halides is 2. The Hall–Kier alpha value is -2.42. The fourth-order valence-electron chi connectivity index (χ4n) is 3.14. The van der Waals surface area contributed by atoms with Crippen molar-refractivity contribution in [1.82, 2.24) is 14.9 Å². The van der Waals surface area contributed by atoms with Crippen LogP contribution in [-0.2, 0) is 0 Å². The minimum Gasteiger partial charge on any atom is -0.370 e. The summed E-state index contributed by atoms with van der Waals surface area (Å²) in [4.78, 5) is 25.8. The fraction of sp³-hybridized carbons (Fsp3) is 0.421. The summed E-state index contributed by atoms with van der Waals surface area (Å²) in [7, 11) is 0. The summed E-state index contributed by atoms with van der Waals surface area (Å²) in [6.45, 7) is 6.88. The zero-order valence-corrected chi connectivity index (χ0v) is 16.7. The van der Waals surface area contributed by atoms with E-state index in [4.69, 9.17) is 0 Å². The smallest absolute Gasteiger partial charge is 0.288 e. The van der Waals surface area contributed by atoms with E-state index in [2.05, 4.69) is 20.2 Å². The molecule has 0 atom stereocenters. The number of amides is 1. The molecule has 0 unspecified atom stereocenters. The van der Waals surface area contributed by atoms with Crippen molar-refractivity contribution >= 4 is 29.3 Å². The monoisotopic (exact) mass is 407 g/mol. The molecule has 0 spiro atoms. The van der Waals surface area contributed by atoms with Crippen LogP contribution in [0.25, 0.3) is 0 Å². The highest BCUT2D eigenvalue weighted by atomic mass is 32.2. The van der Waals surface area contributed by atoms with Gasteiger partial charge in [-0.1, -0.05) is 23.9 Å². The van der Waals surface area contributed by atoms with E-state index in [1.807, 2.05) is 19.9 Å². The highest BCUT2D eigenvalue weighted by Crippen LogP contribution is 2.29. The number of hydrogen-bond acceptors (Lipinski definition) is 6. The van der Waals surface area contributed by atoms with Gasteiger partial charge in [0.05, 0.1) is 5.56 Å². The average molecular weight is 407 g/mol. The van der Waals surface area contributed by atoms with Gasteiger partial charge in [0.2, 0.25) is 0 Å². The van der Waals surface area contributed by atoms with Crippen LogP contribution in [0, 0.1) is 6.92 Å². The van der Waals surface area contributed by atoms with Crippen LogP contribution < -0.4 is 10.2 Å². The third-order valence-corrected chi connectivity index (χ3v) is 5.19. The van der Waals surface area contributed by atoms with Crippen molar-refractivity contribution in [1.29, 1.82) is 0 Å². The highest BCUT2D eigenvalue weighted by Gasteiger charge is 2.25. The van der Waals surface area contributed by atoms with Gasteiger partial charge >= 0.3 is 0 Å². The van der Waals surface area contributed by atoms with Crippen molar-refractivity contribution in [2.45, 2.75) is 24.5 Å². The number of piperazine rings is 1. The number of halogens is 2. The van der Waals surface area contributed by atoms with E-state index in [0.717, 1.165) is 18.2 Å². The van der Waals surface area contributed by atoms with Crippen LogP contribution in [0.4, 0.5) is 20.4 Å². The minimum atomic E-state index is -2.56. The first-order chi connectivity index (χ1) is 13.5. The third-order valence-electron chi connectivity index (χ3n) is 4.41. The number of rotatable bonds is 6. The molecule has 28 heavy (non-hydrogen) atoms. The molecule has 0 aliphatic carbocycles. The number of carbonyl (C=O) groups is 1. The summed E-state index contributed by atoms with van der Waals surface area (Å²) in [6, 6.07) is 8.44. The van der Waals surface area contributed by atoms with Gasteiger partial charge in [-0.3, -0.25) is 4.79 Å². The van der Waals surface area contributed by atoms with E-state index in [-0.39, 0.29) is 5.91 Å². The van der Waals surface area contributed by atoms with Gasteiger partial charge in [0, 0.05) is 43.7 Å². The van der Waals surface area contributed by atoms with Crippen LogP contribution in [-0.4, -0.2) is 59.3 Å². The zero-order valence-electron chi connectivity index (χ0n) is 15.9. The average Bonchev–Trinajstić information content (AvgIpc) is 2.67. The number of aromatic nitrogens is 2. The second kappa shape index (κ2) is 9.18. The molecule has 1 N–H and O–H groups in total. The first-order valence-electron chi connectivity index (χ1n) is 9.15. The molecule has 1 saturated heterocycles. The number of carbonyl (C=O) groups excluding carboxylic acids is 1. The summed E-state index contributed by atoms with van der Waals surface area (Å²) >= 11 is 0.407. The van der Waals surface area contributed by atoms with Crippen molar-refractivity contribution in [3.8, 4) is 0 Å². The van der Waals surface area contributed by atoms with Crippen LogP contribution in [0.2, 0.25) is 0 Å². The quantitative estimate of drug-likeness (QED) is 0.740. The molecule has 2 heterocycles. The summed E-state index contributed by atoms with van der Waals surface area (Å²) in [5.74, 6) is -0.482. The molecule has 1 aromatic heterocycles. The molecule has 3 rings (SSSR count). The maximum Gasteiger partial charge on any atom is 0.288 e. The van der Waals surface area contributed by atoms with Crippen LogP contribution in [0.1, 0.15) is 23.1 Å². The summed E-state index contributed by atoms with van der Waals surface area (Å²) in [6.07, 6.45) is 0. The van der Waals surface area contributed by atoms with Crippen LogP contribution in [0.5, 0.6) is 0 Å². The first kappa shape index (κ1) is 20.3. The van der Waals surface area contributed by atoms with Crippen LogP contribution in [0.3, 0.4) is 0 Å². The maximum atomic E-state index is 12.9. The van der Waals surface area contributed by atoms with Gasteiger partial charge in [-0.2, -0.15) is 8.78 Å². The number of hydrogen-bond donors (Lipinski definition) is 1. The van der Waals surface area contributed by atoms with Gasteiger partial charge in [0.15, 0.2) is 0 Å². The van der Waals surface area contributed by atoms with Gasteiger partial charge in [-0.05, 0) is 26.0 Å². The second-order valence-corrected chi connectivity index (χ2v) is 7.37. The summed E-state index contributed by atoms with van der Waals surface area (Å²) in [5, 5.41) is 3.19. The van der Waals surface area contributed by atoms with Gasteiger partial charge in [-0.25, -0.2) is 9.97 Å². The largest absolute Gasteiger partial charge is 0.370 e. The number of anilines is 2. The second-order valence-electron chi connectivity index (χ2n) is 6.34. The molecule has 1 aromatic carbocycles. The third kappa shape index (κ3) is 4.89. The Labute approximate surface area is 167 Å². The van der Waals surface area contributed by atoms with Gasteiger partial charge in [0.25, 0.3) is 11.7 Å². The molecule has 0 bridgehead atoms. The predicted molar refractivity (Wildman–Crippen MR) is 107 cm³/mol. The molecule has 9 heteroatoms. The molecule has 1 aliphatic rings. The predicted octanol–water partition coefficient (Wildman–Crippen LogP) is 3.49. The van der Waals surface area contributed by atoms with Crippen molar-refractivity contribution in [2.75, 3.05) is 42.9 Å². The van der Waals surface area contributed by atoms with Crippen molar-refractivity contribution in [3.05, 3.63) is 41.7 Å². The standard InChI is InChI=1S/C19H23F2N5OS/c1-3-22-16-12-17(24-13(2)23-16)25-8-10-26(11-9-25)18(27)14-6-4-5-7-15(14)28-19(20)21/h4-7,12,19H,3,8-11H2,1-2H3,(H,22,23,24). The molecule has 1 amide bonds. The Morgan fingerprint density at radius 2 is 1.93 bits per heavy atom. The summed E-state index contributed by atoms with van der Waals surface area (Å²) < 4.78 is 25.6. The van der Waals surface area contributed by atoms with E-state index in [1.165, 1.54) is 0 Å². The zero-order chi connectivity index (χ0) is 20.1. The van der Waals surface area contributed by atoms with Crippen molar-refractivity contribution in [3.63, 3.8) is 0 Å². The molecule has 0 saturated carbocycles. The molecule has 1 fully saturated rings. The Morgan fingerprint density at radius 1 is 1.21 bits per heavy atom. The number of nitrogens with zero attached hydrogens (tertiary/aromatic N) is 4. The minimum absolute atomic E-state index is 0.212. The molecule has 6 nitrogen and oxygen atoms in total. The lowest BCUT2D eigenvalue weighted by molar-refractivity contribution is 0.0743. The first-order valence-corrected chi connectivity index (χ1v) is 10.0. The highest BCUT2D eigenvalue weighted by molar-refractivity contribution is 7.99. The molecule has 1 aliphatic heterocycles. The van der Waals surface area contributed by atoms with E-state index in [9.17, 15) is 13.6 Å². The lowest BCUT2D eigenvalue weighted by Gasteiger charge is -2.35. The lowest BCUT2D eigenvalue weighted by Crippen LogP contribution is -2.49. The number of benzene rings is 1. The number of thioether (sulfide) groups is 1. The topological polar surface area (TPSA) is 61.4 Å². The normalized spacial score (nSPS) is 14.5. The summed E-state index contributed by atoms with van der Waals surface area (Å²) in [5.41, 5.74) is 0.327. The number of aryl methyl sites for hydroxylation is 1. The van der Waals surface area contributed by atoms with Gasteiger partial charge in [-0.15, -0.1) is 0 Å². The van der Waals surface area contributed by atoms with Gasteiger partial charge in [0.1, 0.15) is 17.5 Å². The molecular formula is C19H23F2N5OS. The Bertz CT molecular complexity index is 828. The number of nitrogens with one attached hydrogen (secondary N) is 1. The maximum absolute atomic E-state index is 12.9. The molecular weight excluding hydrogens is 384 g/mol. The Morgan fingerprint density at radius 3 is 2.61 bits per heavy atom. The SMILES string of the molecule is CCNc1cc(N2CCN(C(=O)c3ccccc3SC(F)F)CC2)nc(C)n1. The molecule has 150 valence electrons. The van der Waals surface area contributed by atoms with Crippen LogP contribution in [0.15, 0.2) is 35.2 Å². The Kier molecular flexibility index (Phi) is 6.66. The Balaban J connectivity index is 1.68. The fourth-order valence-corrected chi connectivity index (χ4v) is 3.77. The van der Waals surface area contributed by atoms with Gasteiger partial charge < -0.3 is 15.1 Å². The van der Waals surface area contributed by atoms with E-state index >= 15 is 0 Å². The lowest BCUT2D eigenvalue weighted by atomic mass is 10.2. The van der Waals surface area contributed by atoms with Crippen molar-refractivity contribution < 1.29 is 13.6 Å². The van der Waals surface area contributed by atoms with E-state index in [0.29, 0.717) is 54.2 Å². The molecule has 2 aromatic rings. The van der Waals surface area contributed by atoms with Crippen molar-refractivity contribution in [2.24, 2.45) is 0 Å². The molecule has 0 radical (unpaired) electrons. The van der Waals surface area contributed by atoms with Crippen LogP contribution >= 0.6 is 11.8 Å².